The van der Waals surface area contributed by atoms with Gasteiger partial charge in [0.05, 0.1) is 29.5 Å². The molecule has 2 fully saturated rings. The summed E-state index contributed by atoms with van der Waals surface area (Å²) in [5.41, 5.74) is 1.85. The van der Waals surface area contributed by atoms with Crippen LogP contribution in [0.15, 0.2) is 34.5 Å². The van der Waals surface area contributed by atoms with Gasteiger partial charge in [-0.2, -0.15) is 0 Å². The zero-order valence-electron chi connectivity index (χ0n) is 15.4. The number of nitrogens with zero attached hydrogens (tertiary/aromatic N) is 2. The maximum atomic E-state index is 13.2. The van der Waals surface area contributed by atoms with E-state index in [4.69, 9.17) is 9.47 Å². The average Bonchev–Trinajstić information content (AvgIpc) is 3.38. The lowest BCUT2D eigenvalue weighted by Gasteiger charge is -2.35. The zero-order valence-corrected chi connectivity index (χ0v) is 17.1. The molecule has 0 N–H and O–H groups in total. The molecule has 7 heteroatoms. The first-order valence-electron chi connectivity index (χ1n) is 9.36. The number of benzene rings is 1. The van der Waals surface area contributed by atoms with Crippen LogP contribution in [0.2, 0.25) is 0 Å². The van der Waals surface area contributed by atoms with Gasteiger partial charge < -0.3 is 14.4 Å². The van der Waals surface area contributed by atoms with E-state index < -0.39 is 0 Å². The molecule has 0 bridgehead atoms. The number of aryl methyl sites for hydroxylation is 1. The Morgan fingerprint density at radius 2 is 2.15 bits per heavy atom. The molecule has 0 spiro atoms. The molecule has 5 nitrogen and oxygen atoms in total. The normalized spacial score (nSPS) is 20.9. The van der Waals surface area contributed by atoms with Crippen LogP contribution in [0.1, 0.15) is 33.9 Å². The minimum absolute atomic E-state index is 0.107. The second-order valence-electron chi connectivity index (χ2n) is 6.91. The van der Waals surface area contributed by atoms with E-state index in [1.54, 1.807) is 23.1 Å². The molecule has 2 saturated heterocycles. The minimum Gasteiger partial charge on any atom is -0.350 e. The predicted octanol–water partition coefficient (Wildman–Crippen LogP) is 3.97. The van der Waals surface area contributed by atoms with Crippen molar-refractivity contribution in [2.75, 3.05) is 26.3 Å². The summed E-state index contributed by atoms with van der Waals surface area (Å²) < 4.78 is 11.3. The van der Waals surface area contributed by atoms with Crippen molar-refractivity contribution in [1.29, 1.82) is 0 Å². The third-order valence-electron chi connectivity index (χ3n) is 4.94. The molecule has 2 aliphatic heterocycles. The summed E-state index contributed by atoms with van der Waals surface area (Å²) in [6.07, 6.45) is 1.89. The van der Waals surface area contributed by atoms with Crippen LogP contribution in [0.25, 0.3) is 0 Å². The van der Waals surface area contributed by atoms with Crippen LogP contribution in [0.3, 0.4) is 0 Å². The van der Waals surface area contributed by atoms with Crippen molar-refractivity contribution in [3.05, 3.63) is 45.9 Å². The van der Waals surface area contributed by atoms with Crippen molar-refractivity contribution < 1.29 is 14.3 Å². The van der Waals surface area contributed by atoms with E-state index in [2.05, 4.69) is 10.4 Å². The number of carbonyl (C=O) groups is 1. The van der Waals surface area contributed by atoms with Crippen molar-refractivity contribution in [3.63, 3.8) is 0 Å². The number of hydrogen-bond acceptors (Lipinski definition) is 6. The fourth-order valence-corrected chi connectivity index (χ4v) is 5.29. The molecule has 27 heavy (non-hydrogen) atoms. The minimum atomic E-state index is -0.155. The van der Waals surface area contributed by atoms with Crippen LogP contribution in [0.4, 0.5) is 0 Å². The monoisotopic (exact) mass is 404 g/mol. The van der Waals surface area contributed by atoms with Gasteiger partial charge in [0.1, 0.15) is 0 Å². The lowest BCUT2D eigenvalue weighted by Crippen LogP contribution is -2.44. The van der Waals surface area contributed by atoms with Crippen LogP contribution < -0.4 is 0 Å². The van der Waals surface area contributed by atoms with Gasteiger partial charge in [-0.1, -0.05) is 12.1 Å². The molecule has 0 radical (unpaired) electrons. The van der Waals surface area contributed by atoms with Crippen LogP contribution in [0, 0.1) is 12.8 Å². The highest BCUT2D eigenvalue weighted by molar-refractivity contribution is 7.98. The molecule has 1 aromatic carbocycles. The van der Waals surface area contributed by atoms with Gasteiger partial charge in [0.25, 0.3) is 5.91 Å². The topological polar surface area (TPSA) is 51.7 Å². The maximum absolute atomic E-state index is 13.2. The summed E-state index contributed by atoms with van der Waals surface area (Å²) in [4.78, 5) is 20.7. The Balaban J connectivity index is 1.44. The van der Waals surface area contributed by atoms with Crippen molar-refractivity contribution in [3.8, 4) is 0 Å². The standard InChI is InChI=1S/C20H24N2O3S2/c1-14-21-16(12-26-14)13-27-18-7-3-2-6-17(18)19(23)22-8-4-5-15(11-22)20-24-9-10-25-20/h2-3,6-7,12,15,20H,4-5,8-11,13H2,1H3. The number of rotatable bonds is 5. The molecule has 0 saturated carbocycles. The second kappa shape index (κ2) is 8.73. The first-order chi connectivity index (χ1) is 13.2. The van der Waals surface area contributed by atoms with Gasteiger partial charge in [-0.15, -0.1) is 23.1 Å². The molecule has 1 amide bonds. The van der Waals surface area contributed by atoms with E-state index >= 15 is 0 Å². The van der Waals surface area contributed by atoms with E-state index in [9.17, 15) is 4.79 Å². The highest BCUT2D eigenvalue weighted by atomic mass is 32.2. The van der Waals surface area contributed by atoms with Crippen molar-refractivity contribution in [1.82, 2.24) is 9.88 Å². The van der Waals surface area contributed by atoms with Crippen LogP contribution >= 0.6 is 23.1 Å². The summed E-state index contributed by atoms with van der Waals surface area (Å²) in [5.74, 6) is 1.15. The van der Waals surface area contributed by atoms with Gasteiger partial charge >= 0.3 is 0 Å². The highest BCUT2D eigenvalue weighted by Gasteiger charge is 2.33. The van der Waals surface area contributed by atoms with Gasteiger partial charge in [-0.3, -0.25) is 4.79 Å². The number of piperidine rings is 1. The number of carbonyl (C=O) groups excluding carboxylic acids is 1. The third-order valence-corrected chi connectivity index (χ3v) is 6.87. The molecule has 1 unspecified atom stereocenters. The number of thioether (sulfide) groups is 1. The van der Waals surface area contributed by atoms with Crippen molar-refractivity contribution in [2.24, 2.45) is 5.92 Å². The predicted molar refractivity (Wildman–Crippen MR) is 107 cm³/mol. The third kappa shape index (κ3) is 4.54. The number of thiazole rings is 1. The fourth-order valence-electron chi connectivity index (χ4n) is 3.63. The molecule has 3 heterocycles. The number of likely N-dealkylation sites (tertiary alicyclic amines) is 1. The Bertz CT molecular complexity index is 789. The smallest absolute Gasteiger partial charge is 0.255 e. The number of amides is 1. The molecular formula is C20H24N2O3S2. The fraction of sp³-hybridized carbons (Fsp3) is 0.500. The summed E-state index contributed by atoms with van der Waals surface area (Å²) in [5, 5.41) is 3.16. The first kappa shape index (κ1) is 18.9. The summed E-state index contributed by atoms with van der Waals surface area (Å²) >= 11 is 3.34. The van der Waals surface area contributed by atoms with E-state index in [-0.39, 0.29) is 18.1 Å². The molecule has 4 rings (SSSR count). The number of aromatic nitrogens is 1. The first-order valence-corrected chi connectivity index (χ1v) is 11.2. The molecular weight excluding hydrogens is 380 g/mol. The van der Waals surface area contributed by atoms with E-state index in [1.165, 1.54) is 0 Å². The van der Waals surface area contributed by atoms with Gasteiger partial charge in [0, 0.05) is 35.0 Å². The zero-order chi connectivity index (χ0) is 18.6. The lowest BCUT2D eigenvalue weighted by molar-refractivity contribution is -0.0969. The van der Waals surface area contributed by atoms with E-state index in [0.717, 1.165) is 46.3 Å². The van der Waals surface area contributed by atoms with Crippen LogP contribution in [-0.4, -0.2) is 48.4 Å². The molecule has 1 atom stereocenters. The Labute approximate surface area is 168 Å². The van der Waals surface area contributed by atoms with E-state index in [1.807, 2.05) is 36.1 Å². The molecule has 0 aliphatic carbocycles. The Hall–Kier alpha value is -1.41. The van der Waals surface area contributed by atoms with Crippen molar-refractivity contribution >= 4 is 29.0 Å². The Morgan fingerprint density at radius 1 is 1.33 bits per heavy atom. The van der Waals surface area contributed by atoms with Gasteiger partial charge in [-0.25, -0.2) is 4.98 Å². The van der Waals surface area contributed by atoms with E-state index in [0.29, 0.717) is 19.8 Å². The Morgan fingerprint density at radius 3 is 2.93 bits per heavy atom. The maximum Gasteiger partial charge on any atom is 0.255 e. The quantitative estimate of drug-likeness (QED) is 0.706. The van der Waals surface area contributed by atoms with Gasteiger partial charge in [-0.05, 0) is 31.9 Å². The van der Waals surface area contributed by atoms with Crippen molar-refractivity contribution in [2.45, 2.75) is 36.7 Å². The summed E-state index contributed by atoms with van der Waals surface area (Å²) in [6, 6.07) is 7.89. The van der Waals surface area contributed by atoms with Gasteiger partial charge in [0.15, 0.2) is 6.29 Å². The van der Waals surface area contributed by atoms with Crippen LogP contribution in [0.5, 0.6) is 0 Å². The summed E-state index contributed by atoms with van der Waals surface area (Å²) in [7, 11) is 0. The highest BCUT2D eigenvalue weighted by Crippen LogP contribution is 2.30. The number of hydrogen-bond donors (Lipinski definition) is 0. The second-order valence-corrected chi connectivity index (χ2v) is 8.99. The van der Waals surface area contributed by atoms with Crippen LogP contribution in [-0.2, 0) is 15.2 Å². The SMILES string of the molecule is Cc1nc(CSc2ccccc2C(=O)N2CCCC(C3OCCO3)C2)cs1. The molecule has 2 aliphatic rings. The number of ether oxygens (including phenoxy) is 2. The Kier molecular flexibility index (Phi) is 6.12. The molecule has 144 valence electrons. The largest absolute Gasteiger partial charge is 0.350 e. The molecule has 2 aromatic rings. The van der Waals surface area contributed by atoms with Gasteiger partial charge in [0.2, 0.25) is 0 Å². The molecule has 1 aromatic heterocycles. The lowest BCUT2D eigenvalue weighted by atomic mass is 9.96. The average molecular weight is 405 g/mol. The summed E-state index contributed by atoms with van der Waals surface area (Å²) in [6.45, 7) is 4.83.